The molecule has 1 fully saturated rings. The molecule has 2 unspecified atom stereocenters. The lowest BCUT2D eigenvalue weighted by atomic mass is 9.85. The predicted octanol–water partition coefficient (Wildman–Crippen LogP) is 3.50. The van der Waals surface area contributed by atoms with E-state index in [0.29, 0.717) is 5.41 Å². The molecule has 1 aromatic rings. The van der Waals surface area contributed by atoms with Crippen LogP contribution in [-0.2, 0) is 0 Å². The topological polar surface area (TPSA) is 15.3 Å². The highest BCUT2D eigenvalue weighted by Gasteiger charge is 2.30. The largest absolute Gasteiger partial charge is 0.319 e. The summed E-state index contributed by atoms with van der Waals surface area (Å²) in [5, 5.41) is 3.38. The Morgan fingerprint density at radius 1 is 1.30 bits per heavy atom. The van der Waals surface area contributed by atoms with Crippen LogP contribution < -0.4 is 5.32 Å². The summed E-state index contributed by atoms with van der Waals surface area (Å²) < 4.78 is 0. The van der Waals surface area contributed by atoms with Gasteiger partial charge in [0.15, 0.2) is 0 Å². The Kier molecular flexibility index (Phi) is 5.62. The molecule has 1 N–H and O–H groups in total. The Balaban J connectivity index is 1.92. The van der Waals surface area contributed by atoms with E-state index in [1.165, 1.54) is 44.5 Å². The molecule has 0 bridgehead atoms. The first-order valence-electron chi connectivity index (χ1n) is 8.09. The summed E-state index contributed by atoms with van der Waals surface area (Å²) in [4.78, 5) is 2.67. The van der Waals surface area contributed by atoms with E-state index >= 15 is 0 Å². The van der Waals surface area contributed by atoms with Gasteiger partial charge in [-0.05, 0) is 43.3 Å². The van der Waals surface area contributed by atoms with Gasteiger partial charge in [0.05, 0.1) is 0 Å². The Labute approximate surface area is 124 Å². The Bertz CT molecular complexity index is 382. The van der Waals surface area contributed by atoms with Crippen molar-refractivity contribution in [2.45, 2.75) is 39.0 Å². The third kappa shape index (κ3) is 4.07. The van der Waals surface area contributed by atoms with Crippen LogP contribution in [0.25, 0.3) is 0 Å². The molecule has 1 saturated heterocycles. The number of benzene rings is 1. The van der Waals surface area contributed by atoms with Gasteiger partial charge in [0.1, 0.15) is 0 Å². The van der Waals surface area contributed by atoms with Gasteiger partial charge in [0, 0.05) is 19.6 Å². The van der Waals surface area contributed by atoms with E-state index in [2.05, 4.69) is 61.4 Å². The monoisotopic (exact) mass is 274 g/mol. The molecular weight excluding hydrogens is 244 g/mol. The van der Waals surface area contributed by atoms with Crippen LogP contribution >= 0.6 is 0 Å². The van der Waals surface area contributed by atoms with Crippen LogP contribution in [0.3, 0.4) is 0 Å². The molecule has 0 saturated carbocycles. The quantitative estimate of drug-likeness (QED) is 0.818. The van der Waals surface area contributed by atoms with E-state index in [-0.39, 0.29) is 0 Å². The molecule has 1 aliphatic heterocycles. The number of likely N-dealkylation sites (tertiary alicyclic amines) is 1. The summed E-state index contributed by atoms with van der Waals surface area (Å²) in [6.07, 6.45) is 3.89. The zero-order valence-corrected chi connectivity index (χ0v) is 13.4. The molecule has 20 heavy (non-hydrogen) atoms. The van der Waals surface area contributed by atoms with Crippen LogP contribution in [0.15, 0.2) is 30.3 Å². The molecule has 2 atom stereocenters. The van der Waals surface area contributed by atoms with E-state index < -0.39 is 0 Å². The number of hydrogen-bond acceptors (Lipinski definition) is 2. The third-order valence-electron chi connectivity index (χ3n) is 4.61. The first kappa shape index (κ1) is 15.5. The van der Waals surface area contributed by atoms with E-state index in [9.17, 15) is 0 Å². The van der Waals surface area contributed by atoms with Crippen LogP contribution in [0.2, 0.25) is 0 Å². The highest BCUT2D eigenvalue weighted by molar-refractivity contribution is 5.21. The maximum absolute atomic E-state index is 3.38. The lowest BCUT2D eigenvalue weighted by molar-refractivity contribution is 0.174. The first-order valence-corrected chi connectivity index (χ1v) is 8.09. The number of rotatable bonds is 7. The van der Waals surface area contributed by atoms with Gasteiger partial charge in [-0.1, -0.05) is 50.6 Å². The molecule has 2 heteroatoms. The van der Waals surface area contributed by atoms with Gasteiger partial charge in [-0.15, -0.1) is 0 Å². The minimum atomic E-state index is 0.412. The van der Waals surface area contributed by atoms with Crippen molar-refractivity contribution in [2.75, 3.05) is 33.2 Å². The maximum atomic E-state index is 3.38. The van der Waals surface area contributed by atoms with Crippen LogP contribution in [0.5, 0.6) is 0 Å². The molecule has 0 aromatic heterocycles. The number of nitrogens with one attached hydrogen (secondary N) is 1. The molecule has 1 aliphatic rings. The molecule has 112 valence electrons. The SMILES string of the molecule is CCCC(C)(CNC)CN1CCC(c2ccccc2)C1. The van der Waals surface area contributed by atoms with Gasteiger partial charge in [-0.25, -0.2) is 0 Å². The van der Waals surface area contributed by atoms with E-state index in [4.69, 9.17) is 0 Å². The van der Waals surface area contributed by atoms with Crippen molar-refractivity contribution in [3.8, 4) is 0 Å². The van der Waals surface area contributed by atoms with Crippen LogP contribution in [0.1, 0.15) is 44.6 Å². The molecule has 1 heterocycles. The van der Waals surface area contributed by atoms with Crippen molar-refractivity contribution >= 4 is 0 Å². The average molecular weight is 274 g/mol. The average Bonchev–Trinajstić information content (AvgIpc) is 2.88. The third-order valence-corrected chi connectivity index (χ3v) is 4.61. The molecule has 1 aromatic carbocycles. The standard InChI is InChI=1S/C18H30N2/c1-4-11-18(2,14-19-3)15-20-12-10-17(13-20)16-8-6-5-7-9-16/h5-9,17,19H,4,10-15H2,1-3H3. The Morgan fingerprint density at radius 3 is 2.70 bits per heavy atom. The molecule has 2 nitrogen and oxygen atoms in total. The fourth-order valence-corrected chi connectivity index (χ4v) is 3.77. The number of hydrogen-bond donors (Lipinski definition) is 1. The van der Waals surface area contributed by atoms with E-state index in [0.717, 1.165) is 12.5 Å². The van der Waals surface area contributed by atoms with Crippen molar-refractivity contribution in [2.24, 2.45) is 5.41 Å². The van der Waals surface area contributed by atoms with Crippen molar-refractivity contribution in [1.29, 1.82) is 0 Å². The fraction of sp³-hybridized carbons (Fsp3) is 0.667. The normalized spacial score (nSPS) is 22.9. The Hall–Kier alpha value is -0.860. The van der Waals surface area contributed by atoms with Crippen LogP contribution in [0.4, 0.5) is 0 Å². The van der Waals surface area contributed by atoms with Gasteiger partial charge in [-0.3, -0.25) is 0 Å². The fourth-order valence-electron chi connectivity index (χ4n) is 3.77. The molecular formula is C18H30N2. The summed E-state index contributed by atoms with van der Waals surface area (Å²) in [5.74, 6) is 0.733. The van der Waals surface area contributed by atoms with Crippen molar-refractivity contribution in [1.82, 2.24) is 10.2 Å². The second-order valence-electron chi connectivity index (χ2n) is 6.72. The lowest BCUT2D eigenvalue weighted by Crippen LogP contribution is -2.40. The highest BCUT2D eigenvalue weighted by atomic mass is 15.2. The predicted molar refractivity (Wildman–Crippen MR) is 87.2 cm³/mol. The highest BCUT2D eigenvalue weighted by Crippen LogP contribution is 2.31. The molecule has 0 amide bonds. The summed E-state index contributed by atoms with van der Waals surface area (Å²) in [7, 11) is 2.07. The minimum Gasteiger partial charge on any atom is -0.319 e. The summed E-state index contributed by atoms with van der Waals surface area (Å²) >= 11 is 0. The van der Waals surface area contributed by atoms with E-state index in [1.54, 1.807) is 0 Å². The molecule has 0 spiro atoms. The van der Waals surface area contributed by atoms with Gasteiger partial charge >= 0.3 is 0 Å². The Morgan fingerprint density at radius 2 is 2.05 bits per heavy atom. The van der Waals surface area contributed by atoms with Crippen molar-refractivity contribution < 1.29 is 0 Å². The van der Waals surface area contributed by atoms with Gasteiger partial charge in [0.2, 0.25) is 0 Å². The summed E-state index contributed by atoms with van der Waals surface area (Å²) in [5.41, 5.74) is 1.93. The lowest BCUT2D eigenvalue weighted by Gasteiger charge is -2.33. The van der Waals surface area contributed by atoms with Crippen LogP contribution in [-0.4, -0.2) is 38.1 Å². The minimum absolute atomic E-state index is 0.412. The molecule has 2 rings (SSSR count). The van der Waals surface area contributed by atoms with E-state index in [1.807, 2.05) is 0 Å². The zero-order valence-electron chi connectivity index (χ0n) is 13.4. The summed E-state index contributed by atoms with van der Waals surface area (Å²) in [6, 6.07) is 11.0. The summed E-state index contributed by atoms with van der Waals surface area (Å²) in [6.45, 7) is 9.56. The molecule has 0 aliphatic carbocycles. The number of nitrogens with zero attached hydrogens (tertiary/aromatic N) is 1. The van der Waals surface area contributed by atoms with Crippen molar-refractivity contribution in [3.05, 3.63) is 35.9 Å². The smallest absolute Gasteiger partial charge is 0.00510 e. The first-order chi connectivity index (χ1) is 9.67. The maximum Gasteiger partial charge on any atom is 0.00510 e. The van der Waals surface area contributed by atoms with Gasteiger partial charge in [-0.2, -0.15) is 0 Å². The van der Waals surface area contributed by atoms with Gasteiger partial charge in [0.25, 0.3) is 0 Å². The second-order valence-corrected chi connectivity index (χ2v) is 6.72. The zero-order chi connectivity index (χ0) is 14.4. The van der Waals surface area contributed by atoms with Gasteiger partial charge < -0.3 is 10.2 Å². The van der Waals surface area contributed by atoms with Crippen molar-refractivity contribution in [3.63, 3.8) is 0 Å². The second kappa shape index (κ2) is 7.24. The molecule has 0 radical (unpaired) electrons. The van der Waals surface area contributed by atoms with Crippen LogP contribution in [0, 0.1) is 5.41 Å².